The first kappa shape index (κ1) is 12.5. The third kappa shape index (κ3) is 4.33. The Bertz CT molecular complexity index is 348. The number of alkyl halides is 3. The molecule has 1 rings (SSSR count). The minimum atomic E-state index is -4.30. The maximum Gasteiger partial charge on any atom is 0.391 e. The van der Waals surface area contributed by atoms with Gasteiger partial charge >= 0.3 is 6.18 Å². The predicted molar refractivity (Wildman–Crippen MR) is 53.7 cm³/mol. The molecule has 1 aromatic rings. The molecule has 0 aliphatic heterocycles. The number of carbonyl (C=O) groups is 1. The number of hydrogen-bond donors (Lipinski definition) is 1. The number of amides is 1. The van der Waals surface area contributed by atoms with Crippen molar-refractivity contribution in [2.45, 2.75) is 25.6 Å². The average Bonchev–Trinajstić information content (AvgIpc) is 2.15. The predicted octanol–water partition coefficient (Wildman–Crippen LogP) is 2.82. The van der Waals surface area contributed by atoms with Crippen LogP contribution in [-0.2, 0) is 4.79 Å². The monoisotopic (exact) mass is 231 g/mol. The Labute approximate surface area is 91.5 Å². The molecule has 1 aromatic carbocycles. The highest BCUT2D eigenvalue weighted by atomic mass is 19.4. The number of benzene rings is 1. The van der Waals surface area contributed by atoms with E-state index in [2.05, 4.69) is 5.32 Å². The van der Waals surface area contributed by atoms with Crippen LogP contribution in [0, 0.1) is 0 Å². The maximum absolute atomic E-state index is 12.3. The van der Waals surface area contributed by atoms with Gasteiger partial charge in [-0.05, 0) is 5.56 Å². The zero-order chi connectivity index (χ0) is 12.2. The fourth-order valence-electron chi connectivity index (χ4n) is 1.41. The topological polar surface area (TPSA) is 29.1 Å². The lowest BCUT2D eigenvalue weighted by atomic mass is 10.0. The lowest BCUT2D eigenvalue weighted by Crippen LogP contribution is -2.30. The van der Waals surface area contributed by atoms with E-state index in [1.165, 1.54) is 6.92 Å². The van der Waals surface area contributed by atoms with Crippen LogP contribution < -0.4 is 5.32 Å². The minimum absolute atomic E-state index is 0.454. The molecular weight excluding hydrogens is 219 g/mol. The van der Waals surface area contributed by atoms with Gasteiger partial charge in [-0.2, -0.15) is 13.2 Å². The highest BCUT2D eigenvalue weighted by Crippen LogP contribution is 2.29. The first-order valence-corrected chi connectivity index (χ1v) is 4.77. The second-order valence-electron chi connectivity index (χ2n) is 3.48. The molecule has 16 heavy (non-hydrogen) atoms. The van der Waals surface area contributed by atoms with Crippen molar-refractivity contribution in [3.05, 3.63) is 35.9 Å². The van der Waals surface area contributed by atoms with E-state index >= 15 is 0 Å². The molecule has 0 saturated carbocycles. The van der Waals surface area contributed by atoms with Crippen LogP contribution >= 0.6 is 0 Å². The van der Waals surface area contributed by atoms with E-state index in [4.69, 9.17) is 0 Å². The second-order valence-corrected chi connectivity index (χ2v) is 3.48. The van der Waals surface area contributed by atoms with Crippen molar-refractivity contribution in [3.8, 4) is 0 Å². The van der Waals surface area contributed by atoms with Gasteiger partial charge in [-0.1, -0.05) is 30.3 Å². The number of carbonyl (C=O) groups excluding carboxylic acids is 1. The molecule has 0 unspecified atom stereocenters. The summed E-state index contributed by atoms with van der Waals surface area (Å²) < 4.78 is 36.9. The molecule has 0 radical (unpaired) electrons. The van der Waals surface area contributed by atoms with E-state index in [1.807, 2.05) is 0 Å². The molecule has 1 N–H and O–H groups in total. The lowest BCUT2D eigenvalue weighted by Gasteiger charge is -2.19. The molecule has 0 fully saturated rings. The van der Waals surface area contributed by atoms with Crippen LogP contribution in [0.25, 0.3) is 0 Å². The smallest absolute Gasteiger partial charge is 0.349 e. The molecule has 0 aliphatic carbocycles. The van der Waals surface area contributed by atoms with Gasteiger partial charge in [0.05, 0.1) is 12.5 Å². The molecule has 0 saturated heterocycles. The van der Waals surface area contributed by atoms with Gasteiger partial charge in [-0.3, -0.25) is 4.79 Å². The van der Waals surface area contributed by atoms with Crippen molar-refractivity contribution >= 4 is 5.91 Å². The van der Waals surface area contributed by atoms with Crippen LogP contribution in [0.4, 0.5) is 13.2 Å². The number of nitrogens with one attached hydrogen (secondary N) is 1. The van der Waals surface area contributed by atoms with E-state index in [-0.39, 0.29) is 0 Å². The fraction of sp³-hybridized carbons (Fsp3) is 0.364. The van der Waals surface area contributed by atoms with Gasteiger partial charge < -0.3 is 5.32 Å². The van der Waals surface area contributed by atoms with Gasteiger partial charge in [-0.15, -0.1) is 0 Å². The van der Waals surface area contributed by atoms with Crippen LogP contribution in [0.5, 0.6) is 0 Å². The zero-order valence-electron chi connectivity index (χ0n) is 8.71. The fourth-order valence-corrected chi connectivity index (χ4v) is 1.41. The Morgan fingerprint density at radius 2 is 1.88 bits per heavy atom. The molecule has 0 bridgehead atoms. The van der Waals surface area contributed by atoms with Crippen LogP contribution in [0.15, 0.2) is 30.3 Å². The van der Waals surface area contributed by atoms with Crippen LogP contribution in [0.1, 0.15) is 24.9 Å². The summed E-state index contributed by atoms with van der Waals surface area (Å²) in [6.07, 6.45) is -5.36. The van der Waals surface area contributed by atoms with Crippen molar-refractivity contribution in [3.63, 3.8) is 0 Å². The second kappa shape index (κ2) is 5.01. The average molecular weight is 231 g/mol. The normalized spacial score (nSPS) is 13.2. The van der Waals surface area contributed by atoms with Gasteiger partial charge in [0.25, 0.3) is 0 Å². The van der Waals surface area contributed by atoms with E-state index in [0.29, 0.717) is 5.56 Å². The third-order valence-corrected chi connectivity index (χ3v) is 2.02. The van der Waals surface area contributed by atoms with Crippen molar-refractivity contribution in [2.24, 2.45) is 0 Å². The van der Waals surface area contributed by atoms with Crippen molar-refractivity contribution in [1.29, 1.82) is 0 Å². The van der Waals surface area contributed by atoms with Gasteiger partial charge in [0, 0.05) is 6.92 Å². The molecule has 5 heteroatoms. The molecular formula is C11H12F3NO. The molecule has 1 amide bonds. The molecule has 88 valence electrons. The minimum Gasteiger partial charge on any atom is -0.349 e. The van der Waals surface area contributed by atoms with E-state index in [9.17, 15) is 18.0 Å². The van der Waals surface area contributed by atoms with E-state index in [1.54, 1.807) is 30.3 Å². The summed E-state index contributed by atoms with van der Waals surface area (Å²) in [4.78, 5) is 10.8. The summed E-state index contributed by atoms with van der Waals surface area (Å²) >= 11 is 0. The van der Waals surface area contributed by atoms with Gasteiger partial charge in [0.2, 0.25) is 5.91 Å². The SMILES string of the molecule is CC(=O)N[C@H](CC(F)(F)F)c1ccccc1. The quantitative estimate of drug-likeness (QED) is 0.851. The molecule has 1 atom stereocenters. The Balaban J connectivity index is 2.84. The third-order valence-electron chi connectivity index (χ3n) is 2.02. The zero-order valence-corrected chi connectivity index (χ0v) is 8.71. The molecule has 0 aliphatic rings. The number of rotatable bonds is 3. The summed E-state index contributed by atoms with van der Waals surface area (Å²) in [7, 11) is 0. The summed E-state index contributed by atoms with van der Waals surface area (Å²) in [5.74, 6) is -0.474. The van der Waals surface area contributed by atoms with E-state index in [0.717, 1.165) is 0 Å². The number of hydrogen-bond acceptors (Lipinski definition) is 1. The molecule has 0 aromatic heterocycles. The van der Waals surface area contributed by atoms with Crippen LogP contribution in [-0.4, -0.2) is 12.1 Å². The molecule has 0 spiro atoms. The van der Waals surface area contributed by atoms with Crippen molar-refractivity contribution in [1.82, 2.24) is 5.32 Å². The highest BCUT2D eigenvalue weighted by Gasteiger charge is 2.32. The van der Waals surface area contributed by atoms with Gasteiger partial charge in [0.1, 0.15) is 0 Å². The van der Waals surface area contributed by atoms with Gasteiger partial charge in [-0.25, -0.2) is 0 Å². The first-order valence-electron chi connectivity index (χ1n) is 4.77. The molecule has 2 nitrogen and oxygen atoms in total. The maximum atomic E-state index is 12.3. The lowest BCUT2D eigenvalue weighted by molar-refractivity contribution is -0.142. The van der Waals surface area contributed by atoms with E-state index < -0.39 is 24.5 Å². The summed E-state index contributed by atoms with van der Waals surface area (Å²) in [6, 6.07) is 7.10. The Morgan fingerprint density at radius 1 is 1.31 bits per heavy atom. The summed E-state index contributed by atoms with van der Waals surface area (Å²) in [5, 5.41) is 2.29. The largest absolute Gasteiger partial charge is 0.391 e. The van der Waals surface area contributed by atoms with Crippen molar-refractivity contribution in [2.75, 3.05) is 0 Å². The van der Waals surface area contributed by atoms with Crippen LogP contribution in [0.2, 0.25) is 0 Å². The Morgan fingerprint density at radius 3 is 2.31 bits per heavy atom. The van der Waals surface area contributed by atoms with Crippen molar-refractivity contribution < 1.29 is 18.0 Å². The highest BCUT2D eigenvalue weighted by molar-refractivity contribution is 5.73. The molecule has 0 heterocycles. The Hall–Kier alpha value is -1.52. The summed E-state index contributed by atoms with van der Waals surface area (Å²) in [6.45, 7) is 1.20. The Kier molecular flexibility index (Phi) is 3.93. The van der Waals surface area contributed by atoms with Gasteiger partial charge in [0.15, 0.2) is 0 Å². The summed E-state index contributed by atoms with van der Waals surface area (Å²) in [5.41, 5.74) is 0.454. The first-order chi connectivity index (χ1) is 7.38. The van der Waals surface area contributed by atoms with Crippen LogP contribution in [0.3, 0.4) is 0 Å². The number of halogens is 3. The standard InChI is InChI=1S/C11H12F3NO/c1-8(16)15-10(7-11(12,13)14)9-5-3-2-4-6-9/h2-6,10H,7H2,1H3,(H,15,16)/t10-/m1/s1.